The van der Waals surface area contributed by atoms with Crippen molar-refractivity contribution in [3.8, 4) is 5.75 Å². The quantitative estimate of drug-likeness (QED) is 0.481. The first-order chi connectivity index (χ1) is 14.0. The topological polar surface area (TPSA) is 58.6 Å². The van der Waals surface area contributed by atoms with Crippen molar-refractivity contribution in [1.29, 1.82) is 0 Å². The zero-order chi connectivity index (χ0) is 22.5. The van der Waals surface area contributed by atoms with Crippen LogP contribution in [0.4, 0.5) is 0 Å². The second-order valence-electron chi connectivity index (χ2n) is 7.93. The molecular formula is C22H25Br2ClN2O3. The van der Waals surface area contributed by atoms with Crippen LogP contribution in [-0.2, 0) is 16.1 Å². The largest absolute Gasteiger partial charge is 0.483 e. The number of rotatable bonds is 7. The molecule has 8 heteroatoms. The fraction of sp³-hybridized carbons (Fsp3) is 0.364. The van der Waals surface area contributed by atoms with E-state index < -0.39 is 11.6 Å². The number of nitrogens with zero attached hydrogens (tertiary/aromatic N) is 1. The number of carbonyl (C=O) groups is 2. The first kappa shape index (κ1) is 24.7. The Morgan fingerprint density at radius 2 is 1.87 bits per heavy atom. The molecule has 0 aliphatic heterocycles. The number of hydrogen-bond donors (Lipinski definition) is 1. The van der Waals surface area contributed by atoms with Gasteiger partial charge in [0.1, 0.15) is 11.8 Å². The third kappa shape index (κ3) is 7.60. The summed E-state index contributed by atoms with van der Waals surface area (Å²) in [5, 5.41) is 3.50. The van der Waals surface area contributed by atoms with E-state index in [1.165, 1.54) is 4.90 Å². The number of carbonyl (C=O) groups excluding carboxylic acids is 2. The predicted octanol–water partition coefficient (Wildman–Crippen LogP) is 5.58. The molecule has 5 nitrogen and oxygen atoms in total. The zero-order valence-electron chi connectivity index (χ0n) is 17.3. The number of halogens is 3. The van der Waals surface area contributed by atoms with E-state index in [1.807, 2.05) is 45.0 Å². The molecule has 0 aromatic heterocycles. The molecule has 0 fully saturated rings. The van der Waals surface area contributed by atoms with E-state index >= 15 is 0 Å². The summed E-state index contributed by atoms with van der Waals surface area (Å²) in [6.07, 6.45) is 0. The Morgan fingerprint density at radius 3 is 2.47 bits per heavy atom. The van der Waals surface area contributed by atoms with Crippen LogP contribution in [-0.4, -0.2) is 34.9 Å². The molecule has 0 saturated carbocycles. The van der Waals surface area contributed by atoms with E-state index in [-0.39, 0.29) is 25.0 Å². The van der Waals surface area contributed by atoms with Gasteiger partial charge in [0.15, 0.2) is 6.61 Å². The van der Waals surface area contributed by atoms with E-state index in [4.69, 9.17) is 16.3 Å². The number of amides is 2. The minimum absolute atomic E-state index is 0.207. The highest BCUT2D eigenvalue weighted by atomic mass is 79.9. The van der Waals surface area contributed by atoms with Crippen molar-refractivity contribution in [3.05, 3.63) is 62.0 Å². The van der Waals surface area contributed by atoms with Crippen LogP contribution >= 0.6 is 43.5 Å². The van der Waals surface area contributed by atoms with Crippen LogP contribution in [0.15, 0.2) is 51.4 Å². The van der Waals surface area contributed by atoms with Crippen molar-refractivity contribution < 1.29 is 14.3 Å². The van der Waals surface area contributed by atoms with Crippen molar-refractivity contribution in [1.82, 2.24) is 10.2 Å². The minimum Gasteiger partial charge on any atom is -0.483 e. The average Bonchev–Trinajstić information content (AvgIpc) is 2.63. The molecule has 0 aliphatic carbocycles. The Hall–Kier alpha value is -1.57. The van der Waals surface area contributed by atoms with Gasteiger partial charge in [-0.15, -0.1) is 0 Å². The normalized spacial score (nSPS) is 12.2. The highest BCUT2D eigenvalue weighted by molar-refractivity contribution is 9.10. The van der Waals surface area contributed by atoms with E-state index in [9.17, 15) is 9.59 Å². The molecule has 1 N–H and O–H groups in total. The Kier molecular flexibility index (Phi) is 8.76. The summed E-state index contributed by atoms with van der Waals surface area (Å²) in [5.74, 6) is -0.0196. The van der Waals surface area contributed by atoms with Gasteiger partial charge >= 0.3 is 0 Å². The molecule has 1 atom stereocenters. The Balaban J connectivity index is 2.20. The number of benzene rings is 2. The molecule has 0 saturated heterocycles. The third-order valence-electron chi connectivity index (χ3n) is 4.15. The van der Waals surface area contributed by atoms with Gasteiger partial charge in [0, 0.05) is 21.6 Å². The van der Waals surface area contributed by atoms with Crippen molar-refractivity contribution in [2.24, 2.45) is 0 Å². The smallest absolute Gasteiger partial charge is 0.261 e. The number of ether oxygens (including phenoxy) is 1. The standard InChI is InChI=1S/C22H25Br2ClN2O3/c1-14(21(29)26-22(2,3)4)27(12-15-6-5-7-16(23)10-15)20(28)13-30-19-9-8-17(25)11-18(19)24/h5-11,14H,12-13H2,1-4H3,(H,26,29)/t14-/m1/s1. The van der Waals surface area contributed by atoms with Crippen LogP contribution < -0.4 is 10.1 Å². The highest BCUT2D eigenvalue weighted by Gasteiger charge is 2.28. The molecule has 0 unspecified atom stereocenters. The minimum atomic E-state index is -0.673. The maximum atomic E-state index is 13.1. The molecule has 0 radical (unpaired) electrons. The lowest BCUT2D eigenvalue weighted by atomic mass is 10.1. The Morgan fingerprint density at radius 1 is 1.17 bits per heavy atom. The molecular weight excluding hydrogens is 536 g/mol. The van der Waals surface area contributed by atoms with Gasteiger partial charge in [0.05, 0.1) is 4.47 Å². The van der Waals surface area contributed by atoms with Crippen LogP contribution in [0, 0.1) is 0 Å². The van der Waals surface area contributed by atoms with Gasteiger partial charge in [0.2, 0.25) is 5.91 Å². The van der Waals surface area contributed by atoms with Gasteiger partial charge < -0.3 is 15.0 Å². The molecule has 0 spiro atoms. The summed E-state index contributed by atoms with van der Waals surface area (Å²) in [4.78, 5) is 27.3. The summed E-state index contributed by atoms with van der Waals surface area (Å²) in [6, 6.07) is 12.0. The lowest BCUT2D eigenvalue weighted by molar-refractivity contribution is -0.142. The van der Waals surface area contributed by atoms with Gasteiger partial charge in [0.25, 0.3) is 5.91 Å². The molecule has 2 rings (SSSR count). The van der Waals surface area contributed by atoms with E-state index in [0.717, 1.165) is 10.0 Å². The van der Waals surface area contributed by atoms with Gasteiger partial charge in [-0.1, -0.05) is 39.7 Å². The molecule has 2 amide bonds. The number of nitrogens with one attached hydrogen (secondary N) is 1. The molecule has 0 bridgehead atoms. The Bertz CT molecular complexity index is 915. The fourth-order valence-corrected chi connectivity index (χ4v) is 3.95. The molecule has 0 aliphatic rings. The zero-order valence-corrected chi connectivity index (χ0v) is 21.3. The van der Waals surface area contributed by atoms with Crippen molar-refractivity contribution >= 4 is 55.3 Å². The van der Waals surface area contributed by atoms with E-state index in [0.29, 0.717) is 15.2 Å². The third-order valence-corrected chi connectivity index (χ3v) is 5.50. The lowest BCUT2D eigenvalue weighted by Gasteiger charge is -2.31. The predicted molar refractivity (Wildman–Crippen MR) is 127 cm³/mol. The Labute approximate surface area is 199 Å². The summed E-state index contributed by atoms with van der Waals surface area (Å²) in [6.45, 7) is 7.50. The van der Waals surface area contributed by atoms with Gasteiger partial charge in [-0.3, -0.25) is 9.59 Å². The summed E-state index contributed by atoms with van der Waals surface area (Å²) < 4.78 is 7.25. The first-order valence-corrected chi connectivity index (χ1v) is 11.4. The SMILES string of the molecule is C[C@H](C(=O)NC(C)(C)C)N(Cc1cccc(Br)c1)C(=O)COc1ccc(Cl)cc1Br. The molecule has 30 heavy (non-hydrogen) atoms. The number of hydrogen-bond acceptors (Lipinski definition) is 3. The molecule has 0 heterocycles. The van der Waals surface area contributed by atoms with Gasteiger partial charge in [-0.25, -0.2) is 0 Å². The van der Waals surface area contributed by atoms with E-state index in [2.05, 4.69) is 37.2 Å². The van der Waals surface area contributed by atoms with Crippen LogP contribution in [0.25, 0.3) is 0 Å². The van der Waals surface area contributed by atoms with Crippen LogP contribution in [0.1, 0.15) is 33.3 Å². The molecule has 2 aromatic rings. The van der Waals surface area contributed by atoms with Crippen LogP contribution in [0.3, 0.4) is 0 Å². The highest BCUT2D eigenvalue weighted by Crippen LogP contribution is 2.28. The summed E-state index contributed by atoms with van der Waals surface area (Å²) in [7, 11) is 0. The van der Waals surface area contributed by atoms with Gasteiger partial charge in [-0.2, -0.15) is 0 Å². The van der Waals surface area contributed by atoms with Crippen LogP contribution in [0.5, 0.6) is 5.75 Å². The average molecular weight is 561 g/mol. The summed E-state index contributed by atoms with van der Waals surface area (Å²) >= 11 is 12.8. The fourth-order valence-electron chi connectivity index (χ4n) is 2.70. The monoisotopic (exact) mass is 558 g/mol. The van der Waals surface area contributed by atoms with Gasteiger partial charge in [-0.05, 0) is 79.5 Å². The van der Waals surface area contributed by atoms with Crippen molar-refractivity contribution in [2.45, 2.75) is 45.8 Å². The molecule has 2 aromatic carbocycles. The summed E-state index contributed by atoms with van der Waals surface area (Å²) in [5.41, 5.74) is 0.501. The van der Waals surface area contributed by atoms with Crippen LogP contribution in [0.2, 0.25) is 5.02 Å². The molecule has 162 valence electrons. The van der Waals surface area contributed by atoms with E-state index in [1.54, 1.807) is 25.1 Å². The first-order valence-electron chi connectivity index (χ1n) is 9.40. The maximum absolute atomic E-state index is 13.1. The second-order valence-corrected chi connectivity index (χ2v) is 10.1. The van der Waals surface area contributed by atoms with Crippen molar-refractivity contribution in [2.75, 3.05) is 6.61 Å². The maximum Gasteiger partial charge on any atom is 0.261 e. The van der Waals surface area contributed by atoms with Crippen molar-refractivity contribution in [3.63, 3.8) is 0 Å². The second kappa shape index (κ2) is 10.6. The lowest BCUT2D eigenvalue weighted by Crippen LogP contribution is -2.53.